The Morgan fingerprint density at radius 2 is 2.15 bits per heavy atom. The van der Waals surface area contributed by atoms with E-state index in [1.807, 2.05) is 6.92 Å². The Kier molecular flexibility index (Phi) is 3.25. The molecule has 13 heavy (non-hydrogen) atoms. The molecule has 1 aromatic rings. The fraction of sp³-hybridized carbons (Fsp3) is 0.400. The molecule has 1 rings (SSSR count). The molecule has 2 nitrogen and oxygen atoms in total. The molecule has 0 saturated carbocycles. The van der Waals surface area contributed by atoms with Crippen LogP contribution in [0.3, 0.4) is 0 Å². The molecule has 0 radical (unpaired) electrons. The van der Waals surface area contributed by atoms with Crippen LogP contribution >= 0.6 is 0 Å². The van der Waals surface area contributed by atoms with E-state index in [1.165, 1.54) is 12.1 Å². The Balaban J connectivity index is 2.87. The van der Waals surface area contributed by atoms with Crippen LogP contribution in [0.15, 0.2) is 18.2 Å². The molecule has 0 bridgehead atoms. The molecule has 72 valence electrons. The number of halogens is 1. The van der Waals surface area contributed by atoms with E-state index < -0.39 is 5.82 Å². The van der Waals surface area contributed by atoms with Gasteiger partial charge in [-0.3, -0.25) is 0 Å². The number of nitrogens with two attached hydrogens (primary N) is 1. The summed E-state index contributed by atoms with van der Waals surface area (Å²) in [6.07, 6.45) is 1.74. The number of phenols is 1. The van der Waals surface area contributed by atoms with E-state index in [1.54, 1.807) is 0 Å². The standard InChI is InChI=1S/C10H14FNO/c1-2-3-10(12)7-4-8(11)6-9(13)5-7/h4-6,10,13H,2-3,12H2,1H3/t10-/m1/s1. The molecule has 0 spiro atoms. The molecule has 0 aliphatic heterocycles. The SMILES string of the molecule is CCC[C@@H](N)c1cc(O)cc(F)c1. The van der Waals surface area contributed by atoms with Crippen molar-refractivity contribution < 1.29 is 9.50 Å². The van der Waals surface area contributed by atoms with Gasteiger partial charge in [-0.15, -0.1) is 0 Å². The molecular formula is C10H14FNO. The topological polar surface area (TPSA) is 46.2 Å². The highest BCUT2D eigenvalue weighted by Gasteiger charge is 2.07. The predicted molar refractivity (Wildman–Crippen MR) is 49.9 cm³/mol. The number of rotatable bonds is 3. The molecule has 0 heterocycles. The van der Waals surface area contributed by atoms with Gasteiger partial charge in [0, 0.05) is 12.1 Å². The van der Waals surface area contributed by atoms with Crippen LogP contribution in [0.4, 0.5) is 4.39 Å². The van der Waals surface area contributed by atoms with Gasteiger partial charge in [-0.1, -0.05) is 13.3 Å². The van der Waals surface area contributed by atoms with Gasteiger partial charge in [0.15, 0.2) is 0 Å². The molecule has 3 heteroatoms. The quantitative estimate of drug-likeness (QED) is 0.755. The first-order valence-corrected chi connectivity index (χ1v) is 4.38. The molecule has 0 aromatic heterocycles. The van der Waals surface area contributed by atoms with Crippen LogP contribution in [0.5, 0.6) is 5.75 Å². The monoisotopic (exact) mass is 183 g/mol. The van der Waals surface area contributed by atoms with Crippen molar-refractivity contribution in [2.45, 2.75) is 25.8 Å². The van der Waals surface area contributed by atoms with Gasteiger partial charge in [-0.25, -0.2) is 4.39 Å². The summed E-state index contributed by atoms with van der Waals surface area (Å²) in [6.45, 7) is 2.01. The van der Waals surface area contributed by atoms with E-state index in [0.29, 0.717) is 5.56 Å². The summed E-state index contributed by atoms with van der Waals surface area (Å²) in [5, 5.41) is 9.12. The van der Waals surface area contributed by atoms with Gasteiger partial charge < -0.3 is 10.8 Å². The van der Waals surface area contributed by atoms with Gasteiger partial charge in [0.25, 0.3) is 0 Å². The maximum Gasteiger partial charge on any atom is 0.127 e. The number of aromatic hydroxyl groups is 1. The number of hydrogen-bond donors (Lipinski definition) is 2. The molecule has 0 aliphatic carbocycles. The van der Waals surface area contributed by atoms with Crippen LogP contribution in [0.25, 0.3) is 0 Å². The van der Waals surface area contributed by atoms with Crippen LogP contribution in [0.1, 0.15) is 31.4 Å². The Morgan fingerprint density at radius 1 is 1.46 bits per heavy atom. The van der Waals surface area contributed by atoms with E-state index >= 15 is 0 Å². The number of benzene rings is 1. The van der Waals surface area contributed by atoms with Crippen molar-refractivity contribution in [2.24, 2.45) is 5.73 Å². The Labute approximate surface area is 77.2 Å². The van der Waals surface area contributed by atoms with Crippen molar-refractivity contribution in [1.82, 2.24) is 0 Å². The first-order chi connectivity index (χ1) is 6.13. The highest BCUT2D eigenvalue weighted by Crippen LogP contribution is 2.21. The lowest BCUT2D eigenvalue weighted by molar-refractivity contribution is 0.466. The molecule has 1 aromatic carbocycles. The second-order valence-electron chi connectivity index (χ2n) is 3.14. The minimum atomic E-state index is -0.443. The zero-order valence-electron chi connectivity index (χ0n) is 7.63. The van der Waals surface area contributed by atoms with Crippen molar-refractivity contribution in [3.05, 3.63) is 29.6 Å². The fourth-order valence-corrected chi connectivity index (χ4v) is 1.29. The third-order valence-electron chi connectivity index (χ3n) is 1.93. The van der Waals surface area contributed by atoms with Crippen molar-refractivity contribution in [1.29, 1.82) is 0 Å². The molecule has 0 fully saturated rings. The van der Waals surface area contributed by atoms with Gasteiger partial charge in [-0.05, 0) is 24.1 Å². The summed E-state index contributed by atoms with van der Waals surface area (Å²) in [6, 6.07) is 3.75. The summed E-state index contributed by atoms with van der Waals surface area (Å²) in [4.78, 5) is 0. The van der Waals surface area contributed by atoms with Crippen LogP contribution in [-0.2, 0) is 0 Å². The van der Waals surface area contributed by atoms with E-state index in [-0.39, 0.29) is 11.8 Å². The zero-order chi connectivity index (χ0) is 9.84. The van der Waals surface area contributed by atoms with Crippen LogP contribution < -0.4 is 5.73 Å². The average molecular weight is 183 g/mol. The Morgan fingerprint density at radius 3 is 2.69 bits per heavy atom. The van der Waals surface area contributed by atoms with Gasteiger partial charge in [0.1, 0.15) is 11.6 Å². The summed E-state index contributed by atoms with van der Waals surface area (Å²) < 4.78 is 12.8. The zero-order valence-corrected chi connectivity index (χ0v) is 7.63. The molecule has 1 atom stereocenters. The van der Waals surface area contributed by atoms with E-state index in [9.17, 15) is 4.39 Å². The van der Waals surface area contributed by atoms with Gasteiger partial charge in [0.2, 0.25) is 0 Å². The lowest BCUT2D eigenvalue weighted by Crippen LogP contribution is -2.09. The smallest absolute Gasteiger partial charge is 0.127 e. The van der Waals surface area contributed by atoms with Gasteiger partial charge in [0.05, 0.1) is 0 Å². The summed E-state index contributed by atoms with van der Waals surface area (Å²) in [5.74, 6) is -0.511. The highest BCUT2D eigenvalue weighted by atomic mass is 19.1. The van der Waals surface area contributed by atoms with E-state index in [4.69, 9.17) is 10.8 Å². The summed E-state index contributed by atoms with van der Waals surface area (Å²) in [7, 11) is 0. The number of phenolic OH excluding ortho intramolecular Hbond substituents is 1. The minimum Gasteiger partial charge on any atom is -0.508 e. The third-order valence-corrected chi connectivity index (χ3v) is 1.93. The van der Waals surface area contributed by atoms with Crippen molar-refractivity contribution in [3.8, 4) is 5.75 Å². The molecule has 0 unspecified atom stereocenters. The van der Waals surface area contributed by atoms with E-state index in [0.717, 1.165) is 18.9 Å². The second-order valence-corrected chi connectivity index (χ2v) is 3.14. The van der Waals surface area contributed by atoms with Crippen molar-refractivity contribution in [3.63, 3.8) is 0 Å². The van der Waals surface area contributed by atoms with Crippen molar-refractivity contribution in [2.75, 3.05) is 0 Å². The van der Waals surface area contributed by atoms with E-state index in [2.05, 4.69) is 0 Å². The predicted octanol–water partition coefficient (Wildman–Crippen LogP) is 2.33. The van der Waals surface area contributed by atoms with Crippen LogP contribution in [0.2, 0.25) is 0 Å². The van der Waals surface area contributed by atoms with Crippen LogP contribution in [-0.4, -0.2) is 5.11 Å². The normalized spacial score (nSPS) is 12.8. The average Bonchev–Trinajstić information content (AvgIpc) is 2.03. The molecule has 0 aliphatic rings. The molecule has 0 amide bonds. The van der Waals surface area contributed by atoms with Gasteiger partial charge >= 0.3 is 0 Å². The second kappa shape index (κ2) is 4.23. The lowest BCUT2D eigenvalue weighted by atomic mass is 10.0. The van der Waals surface area contributed by atoms with Crippen molar-refractivity contribution >= 4 is 0 Å². The Bertz CT molecular complexity index is 268. The Hall–Kier alpha value is -1.09. The fourth-order valence-electron chi connectivity index (χ4n) is 1.29. The van der Waals surface area contributed by atoms with Gasteiger partial charge in [-0.2, -0.15) is 0 Å². The van der Waals surface area contributed by atoms with Crippen LogP contribution in [0, 0.1) is 5.82 Å². The molecule has 0 saturated heterocycles. The largest absolute Gasteiger partial charge is 0.508 e. The maximum atomic E-state index is 12.8. The summed E-state index contributed by atoms with van der Waals surface area (Å²) in [5.41, 5.74) is 6.42. The first kappa shape index (κ1) is 9.99. The maximum absolute atomic E-state index is 12.8. The molecular weight excluding hydrogens is 169 g/mol. The summed E-state index contributed by atoms with van der Waals surface area (Å²) >= 11 is 0. The highest BCUT2D eigenvalue weighted by molar-refractivity contribution is 5.30. The minimum absolute atomic E-state index is 0.0680. The molecule has 3 N–H and O–H groups in total. The third kappa shape index (κ3) is 2.70. The first-order valence-electron chi connectivity index (χ1n) is 4.38. The number of hydrogen-bond acceptors (Lipinski definition) is 2. The lowest BCUT2D eigenvalue weighted by Gasteiger charge is -2.10.